The number of amides is 1. The van der Waals surface area contributed by atoms with Crippen LogP contribution in [0.5, 0.6) is 11.5 Å². The van der Waals surface area contributed by atoms with Gasteiger partial charge in [0.15, 0.2) is 11.6 Å². The van der Waals surface area contributed by atoms with Crippen molar-refractivity contribution in [1.82, 2.24) is 9.97 Å². The Bertz CT molecular complexity index is 1490. The van der Waals surface area contributed by atoms with E-state index in [0.29, 0.717) is 17.1 Å². The third-order valence-electron chi connectivity index (χ3n) is 5.48. The molecule has 1 amide bonds. The second-order valence-electron chi connectivity index (χ2n) is 7.94. The van der Waals surface area contributed by atoms with Crippen LogP contribution in [-0.2, 0) is 0 Å². The third-order valence-corrected chi connectivity index (χ3v) is 6.66. The Hall–Kier alpha value is -4.18. The molecule has 0 atom stereocenters. The molecule has 3 heterocycles. The molecule has 2 aromatic carbocycles. The molecule has 0 unspecified atom stereocenters. The summed E-state index contributed by atoms with van der Waals surface area (Å²) in [6.45, 7) is 0.800. The fourth-order valence-corrected chi connectivity index (χ4v) is 4.71. The van der Waals surface area contributed by atoms with Crippen LogP contribution < -0.4 is 20.8 Å². The molecule has 7 nitrogen and oxygen atoms in total. The van der Waals surface area contributed by atoms with E-state index in [0.717, 1.165) is 29.7 Å². The number of hydrogen-bond donors (Lipinski definition) is 3. The van der Waals surface area contributed by atoms with E-state index in [1.54, 1.807) is 24.0 Å². The zero-order valence-electron chi connectivity index (χ0n) is 18.8. The lowest BCUT2D eigenvalue weighted by Gasteiger charge is -2.13. The van der Waals surface area contributed by atoms with Crippen LogP contribution in [0.25, 0.3) is 11.1 Å². The number of anilines is 2. The Morgan fingerprint density at radius 3 is 2.69 bits per heavy atom. The molecule has 4 aromatic rings. The number of nitrogens with zero attached hydrogens (tertiary/aromatic N) is 1. The summed E-state index contributed by atoms with van der Waals surface area (Å²) in [5.41, 5.74) is 0.119. The smallest absolute Gasteiger partial charge is 0.261 e. The number of pyridine rings is 2. The lowest BCUT2D eigenvalue weighted by Crippen LogP contribution is -2.22. The molecule has 1 aliphatic rings. The summed E-state index contributed by atoms with van der Waals surface area (Å²) in [4.78, 5) is 33.6. The van der Waals surface area contributed by atoms with Gasteiger partial charge in [0.2, 0.25) is 5.43 Å². The van der Waals surface area contributed by atoms with Crippen LogP contribution in [0.2, 0.25) is 0 Å². The number of aromatic nitrogens is 2. The normalized spacial score (nSPS) is 12.7. The van der Waals surface area contributed by atoms with Gasteiger partial charge in [0.1, 0.15) is 22.9 Å². The van der Waals surface area contributed by atoms with E-state index in [1.165, 1.54) is 48.8 Å². The average molecular weight is 507 g/mol. The first kappa shape index (κ1) is 23.6. The number of carbonyl (C=O) groups is 1. The maximum absolute atomic E-state index is 14.9. The molecule has 0 radical (unpaired) electrons. The molecule has 0 saturated carbocycles. The number of H-pyrrole nitrogens is 1. The first-order valence-electron chi connectivity index (χ1n) is 11.1. The highest BCUT2D eigenvalue weighted by Gasteiger charge is 2.18. The van der Waals surface area contributed by atoms with Crippen LogP contribution in [-0.4, -0.2) is 28.2 Å². The second-order valence-corrected chi connectivity index (χ2v) is 9.04. The minimum atomic E-state index is -0.713. The monoisotopic (exact) mass is 506 g/mol. The zero-order valence-corrected chi connectivity index (χ0v) is 19.6. The minimum absolute atomic E-state index is 0.0117. The molecule has 182 valence electrons. The summed E-state index contributed by atoms with van der Waals surface area (Å²) in [6, 6.07) is 11.0. The maximum Gasteiger partial charge on any atom is 0.261 e. The Morgan fingerprint density at radius 1 is 1.06 bits per heavy atom. The Morgan fingerprint density at radius 2 is 1.89 bits per heavy atom. The van der Waals surface area contributed by atoms with Gasteiger partial charge in [-0.2, -0.15) is 0 Å². The third kappa shape index (κ3) is 4.94. The Balaban J connectivity index is 1.35. The van der Waals surface area contributed by atoms with Gasteiger partial charge in [-0.25, -0.2) is 13.8 Å². The van der Waals surface area contributed by atoms with E-state index in [4.69, 9.17) is 4.74 Å². The van der Waals surface area contributed by atoms with Gasteiger partial charge in [-0.3, -0.25) is 9.59 Å². The number of aromatic amines is 1. The lowest BCUT2D eigenvalue weighted by molar-refractivity contribution is 0.102. The topological polar surface area (TPSA) is 96.1 Å². The number of halogens is 2. The zero-order chi connectivity index (χ0) is 25.1. The van der Waals surface area contributed by atoms with Crippen molar-refractivity contribution in [1.29, 1.82) is 0 Å². The van der Waals surface area contributed by atoms with Gasteiger partial charge in [0.25, 0.3) is 5.91 Å². The number of ether oxygens (including phenoxy) is 1. The van der Waals surface area contributed by atoms with Gasteiger partial charge < -0.3 is 20.4 Å². The highest BCUT2D eigenvalue weighted by molar-refractivity contribution is 7.99. The summed E-state index contributed by atoms with van der Waals surface area (Å²) >= 11 is 1.59. The van der Waals surface area contributed by atoms with Gasteiger partial charge in [0, 0.05) is 48.5 Å². The van der Waals surface area contributed by atoms with Crippen molar-refractivity contribution in [2.75, 3.05) is 22.9 Å². The van der Waals surface area contributed by atoms with E-state index in [2.05, 4.69) is 20.6 Å². The molecule has 0 spiro atoms. The Kier molecular flexibility index (Phi) is 6.68. The van der Waals surface area contributed by atoms with Gasteiger partial charge in [-0.1, -0.05) is 12.1 Å². The SMILES string of the molecule is O=C(Nc1ccc(Oc2ccnc3c2SCCCN3)c(F)c1)c1c[nH]cc(-c2ccc(F)cc2)c1=O. The second kappa shape index (κ2) is 10.2. The van der Waals surface area contributed by atoms with Crippen LogP contribution >= 0.6 is 11.8 Å². The van der Waals surface area contributed by atoms with E-state index in [1.807, 2.05) is 0 Å². The highest BCUT2D eigenvalue weighted by Crippen LogP contribution is 2.39. The molecule has 0 saturated heterocycles. The average Bonchev–Trinajstić information content (AvgIpc) is 3.13. The summed E-state index contributed by atoms with van der Waals surface area (Å²) in [7, 11) is 0. The van der Waals surface area contributed by atoms with Crippen molar-refractivity contribution in [3.8, 4) is 22.6 Å². The number of carbonyl (C=O) groups excluding carboxylic acids is 1. The fraction of sp³-hybridized carbons (Fsp3) is 0.115. The van der Waals surface area contributed by atoms with E-state index in [-0.39, 0.29) is 22.6 Å². The minimum Gasteiger partial charge on any atom is -0.453 e. The van der Waals surface area contributed by atoms with Crippen molar-refractivity contribution >= 4 is 29.2 Å². The number of fused-ring (bicyclic) bond motifs is 1. The van der Waals surface area contributed by atoms with Gasteiger partial charge in [-0.15, -0.1) is 11.8 Å². The van der Waals surface area contributed by atoms with E-state index in [9.17, 15) is 18.4 Å². The molecular formula is C26H20F2N4O3S. The summed E-state index contributed by atoms with van der Waals surface area (Å²) < 4.78 is 33.9. The van der Waals surface area contributed by atoms with Crippen molar-refractivity contribution in [3.05, 3.63) is 94.5 Å². The summed E-state index contributed by atoms with van der Waals surface area (Å²) in [5.74, 6) is 0.230. The number of rotatable bonds is 5. The molecule has 36 heavy (non-hydrogen) atoms. The van der Waals surface area contributed by atoms with Gasteiger partial charge in [0.05, 0.1) is 4.90 Å². The number of thioether (sulfide) groups is 1. The summed E-state index contributed by atoms with van der Waals surface area (Å²) in [6.07, 6.45) is 5.27. The largest absolute Gasteiger partial charge is 0.453 e. The lowest BCUT2D eigenvalue weighted by atomic mass is 10.0. The van der Waals surface area contributed by atoms with Gasteiger partial charge in [-0.05, 0) is 42.0 Å². The van der Waals surface area contributed by atoms with Crippen LogP contribution in [0, 0.1) is 11.6 Å². The molecule has 0 aliphatic carbocycles. The summed E-state index contributed by atoms with van der Waals surface area (Å²) in [5, 5.41) is 5.77. The van der Waals surface area contributed by atoms with E-state index < -0.39 is 23.0 Å². The predicted molar refractivity (Wildman–Crippen MR) is 135 cm³/mol. The molecule has 3 N–H and O–H groups in total. The molecule has 0 fully saturated rings. The molecule has 1 aliphatic heterocycles. The van der Waals surface area contributed by atoms with Crippen molar-refractivity contribution in [2.24, 2.45) is 0 Å². The van der Waals surface area contributed by atoms with Crippen LogP contribution in [0.15, 0.2) is 76.8 Å². The molecule has 0 bridgehead atoms. The first-order chi connectivity index (χ1) is 17.5. The maximum atomic E-state index is 14.9. The molecule has 5 rings (SSSR count). The standard InChI is InChI=1S/C26H20F2N4O3S/c27-16-4-2-15(3-5-16)18-13-29-14-19(23(18)33)26(34)32-17-6-7-21(20(28)12-17)35-22-8-10-31-25-24(22)36-11-1-9-30-25/h2-8,10,12-14H,1,9,11H2,(H,29,33)(H,30,31)(H,32,34). The van der Waals surface area contributed by atoms with Crippen molar-refractivity contribution in [3.63, 3.8) is 0 Å². The number of benzene rings is 2. The number of hydrogen-bond acceptors (Lipinski definition) is 6. The molecule has 2 aromatic heterocycles. The van der Waals surface area contributed by atoms with Crippen molar-refractivity contribution in [2.45, 2.75) is 11.3 Å². The molecule has 10 heteroatoms. The van der Waals surface area contributed by atoms with Gasteiger partial charge >= 0.3 is 0 Å². The predicted octanol–water partition coefficient (Wildman–Crippen LogP) is 5.67. The number of nitrogens with one attached hydrogen (secondary N) is 3. The van der Waals surface area contributed by atoms with Crippen LogP contribution in [0.4, 0.5) is 20.3 Å². The highest BCUT2D eigenvalue weighted by atomic mass is 32.2. The quantitative estimate of drug-likeness (QED) is 0.323. The van der Waals surface area contributed by atoms with Crippen LogP contribution in [0.3, 0.4) is 0 Å². The van der Waals surface area contributed by atoms with E-state index >= 15 is 0 Å². The Labute approximate surface area is 208 Å². The molecular weight excluding hydrogens is 486 g/mol. The van der Waals surface area contributed by atoms with Crippen molar-refractivity contribution < 1.29 is 18.3 Å². The first-order valence-corrected chi connectivity index (χ1v) is 12.1. The fourth-order valence-electron chi connectivity index (χ4n) is 3.70. The van der Waals surface area contributed by atoms with Crippen LogP contribution in [0.1, 0.15) is 16.8 Å².